The second-order valence-corrected chi connectivity index (χ2v) is 8.81. The average Bonchev–Trinajstić information content (AvgIpc) is 3.04. The van der Waals surface area contributed by atoms with E-state index in [2.05, 4.69) is 21.2 Å². The molecule has 23 heavy (non-hydrogen) atoms. The van der Waals surface area contributed by atoms with Crippen LogP contribution in [0.1, 0.15) is 25.7 Å². The van der Waals surface area contributed by atoms with Crippen molar-refractivity contribution in [2.24, 2.45) is 5.92 Å². The third kappa shape index (κ3) is 4.07. The van der Waals surface area contributed by atoms with E-state index in [1.165, 1.54) is 29.3 Å². The smallest absolute Gasteiger partial charge is 0.243 e. The van der Waals surface area contributed by atoms with Gasteiger partial charge >= 0.3 is 0 Å². The van der Waals surface area contributed by atoms with Crippen molar-refractivity contribution in [3.63, 3.8) is 0 Å². The summed E-state index contributed by atoms with van der Waals surface area (Å²) >= 11 is 3.05. The summed E-state index contributed by atoms with van der Waals surface area (Å²) < 4.78 is 40.6. The van der Waals surface area contributed by atoms with Crippen LogP contribution in [0.3, 0.4) is 0 Å². The lowest BCUT2D eigenvalue weighted by Gasteiger charge is -2.34. The maximum atomic E-state index is 13.6. The molecular weight excluding hydrogens is 407 g/mol. The van der Waals surface area contributed by atoms with Crippen molar-refractivity contribution in [3.05, 3.63) is 28.5 Å². The highest BCUT2D eigenvalue weighted by Gasteiger charge is 2.33. The van der Waals surface area contributed by atoms with Gasteiger partial charge in [0.1, 0.15) is 5.82 Å². The van der Waals surface area contributed by atoms with Crippen LogP contribution >= 0.6 is 28.3 Å². The van der Waals surface area contributed by atoms with Crippen LogP contribution < -0.4 is 5.32 Å². The zero-order valence-electron chi connectivity index (χ0n) is 12.7. The molecule has 3 rings (SSSR count). The fourth-order valence-corrected chi connectivity index (χ4v) is 5.15. The monoisotopic (exact) mass is 426 g/mol. The molecular formula is C15H21BrClFN2O2S. The van der Waals surface area contributed by atoms with Crippen LogP contribution in [-0.2, 0) is 10.0 Å². The minimum absolute atomic E-state index is 0. The normalized spacial score (nSPS) is 23.7. The molecule has 130 valence electrons. The lowest BCUT2D eigenvalue weighted by atomic mass is 9.89. The maximum absolute atomic E-state index is 13.6. The van der Waals surface area contributed by atoms with E-state index in [1.54, 1.807) is 0 Å². The summed E-state index contributed by atoms with van der Waals surface area (Å²) in [5, 5.41) is 3.50. The van der Waals surface area contributed by atoms with E-state index in [4.69, 9.17) is 0 Å². The van der Waals surface area contributed by atoms with Crippen molar-refractivity contribution in [2.45, 2.75) is 36.6 Å². The topological polar surface area (TPSA) is 49.4 Å². The standard InChI is InChI=1S/C15H20BrFN2O2S.ClH/c16-13-4-3-12(10-14(13)17)22(20,21)19-8-5-11(6-9-19)15-2-1-7-18-15;/h3-4,10-11,15,18H,1-2,5-9H2;1H. The average molecular weight is 428 g/mol. The van der Waals surface area contributed by atoms with Crippen LogP contribution in [0, 0.1) is 11.7 Å². The molecule has 8 heteroatoms. The van der Waals surface area contributed by atoms with Gasteiger partial charge in [-0.2, -0.15) is 4.31 Å². The van der Waals surface area contributed by atoms with Crippen molar-refractivity contribution in [3.8, 4) is 0 Å². The Bertz CT molecular complexity index is 645. The first kappa shape index (κ1) is 19.1. The van der Waals surface area contributed by atoms with Gasteiger partial charge in [-0.25, -0.2) is 12.8 Å². The van der Waals surface area contributed by atoms with Gasteiger partial charge in [-0.05, 0) is 72.3 Å². The Morgan fingerprint density at radius 3 is 2.48 bits per heavy atom. The van der Waals surface area contributed by atoms with Gasteiger partial charge in [-0.3, -0.25) is 0 Å². The number of rotatable bonds is 3. The molecule has 0 radical (unpaired) electrons. The summed E-state index contributed by atoms with van der Waals surface area (Å²) in [5.41, 5.74) is 0. The molecule has 1 aromatic rings. The second kappa shape index (κ2) is 7.78. The molecule has 2 saturated heterocycles. The first-order valence-corrected chi connectivity index (χ1v) is 9.90. The molecule has 0 saturated carbocycles. The Balaban J connectivity index is 0.00000192. The minimum atomic E-state index is -3.60. The van der Waals surface area contributed by atoms with Crippen molar-refractivity contribution >= 4 is 38.4 Å². The number of benzene rings is 1. The summed E-state index contributed by atoms with van der Waals surface area (Å²) in [6.45, 7) is 2.10. The largest absolute Gasteiger partial charge is 0.314 e. The van der Waals surface area contributed by atoms with Gasteiger partial charge in [0.15, 0.2) is 0 Å². The predicted octanol–water partition coefficient (Wildman–Crippen LogP) is 3.16. The number of piperidine rings is 1. The van der Waals surface area contributed by atoms with Crippen LogP contribution in [-0.4, -0.2) is 38.4 Å². The molecule has 0 aromatic heterocycles. The number of hydrogen-bond acceptors (Lipinski definition) is 3. The highest BCUT2D eigenvalue weighted by atomic mass is 79.9. The van der Waals surface area contributed by atoms with E-state index < -0.39 is 15.8 Å². The van der Waals surface area contributed by atoms with E-state index in [0.717, 1.165) is 25.5 Å². The lowest BCUT2D eigenvalue weighted by Crippen LogP contribution is -2.43. The van der Waals surface area contributed by atoms with Gasteiger partial charge in [0.2, 0.25) is 10.0 Å². The summed E-state index contributed by atoms with van der Waals surface area (Å²) in [6.07, 6.45) is 4.14. The Hall–Kier alpha value is -0.210. The fourth-order valence-electron chi connectivity index (χ4n) is 3.42. The summed E-state index contributed by atoms with van der Waals surface area (Å²) in [6, 6.07) is 4.52. The van der Waals surface area contributed by atoms with Crippen molar-refractivity contribution in [1.82, 2.24) is 9.62 Å². The molecule has 1 N–H and O–H groups in total. The zero-order chi connectivity index (χ0) is 15.7. The van der Waals surface area contributed by atoms with E-state index in [0.29, 0.717) is 25.0 Å². The van der Waals surface area contributed by atoms with E-state index >= 15 is 0 Å². The summed E-state index contributed by atoms with van der Waals surface area (Å²) in [4.78, 5) is 0.0330. The molecule has 1 aromatic carbocycles. The van der Waals surface area contributed by atoms with Crippen LogP contribution in [0.15, 0.2) is 27.6 Å². The first-order chi connectivity index (χ1) is 10.5. The van der Waals surface area contributed by atoms with Gasteiger partial charge in [-0.15, -0.1) is 12.4 Å². The lowest BCUT2D eigenvalue weighted by molar-refractivity contribution is 0.234. The third-order valence-electron chi connectivity index (χ3n) is 4.69. The number of hydrogen-bond donors (Lipinski definition) is 1. The Labute approximate surface area is 151 Å². The Kier molecular flexibility index (Phi) is 6.47. The third-order valence-corrected chi connectivity index (χ3v) is 7.23. The van der Waals surface area contributed by atoms with Gasteiger partial charge in [0.25, 0.3) is 0 Å². The molecule has 0 bridgehead atoms. The molecule has 2 aliphatic rings. The quantitative estimate of drug-likeness (QED) is 0.806. The zero-order valence-corrected chi connectivity index (χ0v) is 15.9. The predicted molar refractivity (Wildman–Crippen MR) is 93.9 cm³/mol. The van der Waals surface area contributed by atoms with Gasteiger partial charge in [0.05, 0.1) is 9.37 Å². The van der Waals surface area contributed by atoms with E-state index in [-0.39, 0.29) is 21.8 Å². The molecule has 2 aliphatic heterocycles. The maximum Gasteiger partial charge on any atom is 0.243 e. The van der Waals surface area contributed by atoms with Crippen LogP contribution in [0.5, 0.6) is 0 Å². The molecule has 2 heterocycles. The Morgan fingerprint density at radius 1 is 1.22 bits per heavy atom. The SMILES string of the molecule is Cl.O=S(=O)(c1ccc(Br)c(F)c1)N1CCC(C2CCCN2)CC1. The van der Waals surface area contributed by atoms with Crippen LogP contribution in [0.2, 0.25) is 0 Å². The van der Waals surface area contributed by atoms with Crippen LogP contribution in [0.4, 0.5) is 4.39 Å². The van der Waals surface area contributed by atoms with Crippen molar-refractivity contribution in [2.75, 3.05) is 19.6 Å². The van der Waals surface area contributed by atoms with Crippen molar-refractivity contribution in [1.29, 1.82) is 0 Å². The first-order valence-electron chi connectivity index (χ1n) is 7.67. The van der Waals surface area contributed by atoms with Crippen molar-refractivity contribution < 1.29 is 12.8 Å². The second-order valence-electron chi connectivity index (χ2n) is 6.02. The van der Waals surface area contributed by atoms with Gasteiger partial charge in [0, 0.05) is 19.1 Å². The van der Waals surface area contributed by atoms with Crippen LogP contribution in [0.25, 0.3) is 0 Å². The molecule has 4 nitrogen and oxygen atoms in total. The van der Waals surface area contributed by atoms with Gasteiger partial charge in [-0.1, -0.05) is 0 Å². The minimum Gasteiger partial charge on any atom is -0.314 e. The molecule has 2 fully saturated rings. The van der Waals surface area contributed by atoms with E-state index in [9.17, 15) is 12.8 Å². The number of nitrogens with one attached hydrogen (secondary N) is 1. The highest BCUT2D eigenvalue weighted by molar-refractivity contribution is 9.10. The van der Waals surface area contributed by atoms with E-state index in [1.807, 2.05) is 0 Å². The van der Waals surface area contributed by atoms with Gasteiger partial charge < -0.3 is 5.32 Å². The summed E-state index contributed by atoms with van der Waals surface area (Å²) in [7, 11) is -3.60. The molecule has 0 amide bonds. The number of sulfonamides is 1. The molecule has 0 spiro atoms. The fraction of sp³-hybridized carbons (Fsp3) is 0.600. The number of nitrogens with zero attached hydrogens (tertiary/aromatic N) is 1. The summed E-state index contributed by atoms with van der Waals surface area (Å²) in [5.74, 6) is 0.00159. The molecule has 1 unspecified atom stereocenters. The highest BCUT2D eigenvalue weighted by Crippen LogP contribution is 2.29. The molecule has 0 aliphatic carbocycles. The molecule has 1 atom stereocenters. The Morgan fingerprint density at radius 2 is 1.91 bits per heavy atom. The number of halogens is 3.